The van der Waals surface area contributed by atoms with E-state index in [1.807, 2.05) is 60.7 Å². The van der Waals surface area contributed by atoms with Gasteiger partial charge in [-0.3, -0.25) is 0 Å². The summed E-state index contributed by atoms with van der Waals surface area (Å²) in [5, 5.41) is 0.682. The molecular formula is C19H22BrF2O2PS. The summed E-state index contributed by atoms with van der Waals surface area (Å²) in [5.41, 5.74) is -1.59. The van der Waals surface area contributed by atoms with Gasteiger partial charge in [-0.2, -0.15) is 8.78 Å². The zero-order chi connectivity index (χ0) is 18.9. The minimum Gasteiger partial charge on any atom is -0.320 e. The molecule has 0 radical (unpaired) electrons. The highest BCUT2D eigenvalue weighted by Crippen LogP contribution is 2.64. The molecule has 7 heteroatoms. The summed E-state index contributed by atoms with van der Waals surface area (Å²) in [6, 6.07) is 18.3. The number of hydrogen-bond acceptors (Lipinski definition) is 3. The number of benzene rings is 2. The van der Waals surface area contributed by atoms with E-state index in [1.165, 1.54) is 0 Å². The van der Waals surface area contributed by atoms with E-state index in [-0.39, 0.29) is 19.6 Å². The third kappa shape index (κ3) is 6.50. The first-order chi connectivity index (χ1) is 12.5. The molecule has 0 aliphatic rings. The number of alkyl halides is 3. The van der Waals surface area contributed by atoms with Gasteiger partial charge in [-0.15, -0.1) is 0 Å². The van der Waals surface area contributed by atoms with Crippen LogP contribution in [0.5, 0.6) is 0 Å². The number of unbranched alkanes of at least 4 members (excludes halogenated alkanes) is 1. The molecule has 2 aromatic rings. The lowest BCUT2D eigenvalue weighted by atomic mass is 10.2. The van der Waals surface area contributed by atoms with Gasteiger partial charge in [0.1, 0.15) is 0 Å². The molecule has 0 atom stereocenters. The number of halogens is 3. The summed E-state index contributed by atoms with van der Waals surface area (Å²) in [4.78, 5) is 0. The van der Waals surface area contributed by atoms with Crippen molar-refractivity contribution >= 4 is 34.2 Å². The van der Waals surface area contributed by atoms with E-state index in [4.69, 9.17) is 20.9 Å². The van der Waals surface area contributed by atoms with Crippen LogP contribution in [0.25, 0.3) is 0 Å². The Morgan fingerprint density at radius 2 is 1.31 bits per heavy atom. The van der Waals surface area contributed by atoms with E-state index >= 15 is 0 Å². The maximum atomic E-state index is 14.9. The molecule has 0 aliphatic carbocycles. The molecule has 2 aromatic carbocycles. The molecule has 0 aromatic heterocycles. The summed E-state index contributed by atoms with van der Waals surface area (Å²) in [6.07, 6.45) is 0.682. The molecule has 142 valence electrons. The van der Waals surface area contributed by atoms with Crippen LogP contribution in [0.3, 0.4) is 0 Å². The van der Waals surface area contributed by atoms with Crippen molar-refractivity contribution in [3.63, 3.8) is 0 Å². The van der Waals surface area contributed by atoms with Crippen LogP contribution in [0.1, 0.15) is 30.4 Å². The second kappa shape index (κ2) is 10.6. The predicted octanol–water partition coefficient (Wildman–Crippen LogP) is 6.89. The summed E-state index contributed by atoms with van der Waals surface area (Å²) in [7, 11) is 0. The first-order valence-electron chi connectivity index (χ1n) is 8.38. The lowest BCUT2D eigenvalue weighted by molar-refractivity contribution is 0.0427. The van der Waals surface area contributed by atoms with Crippen molar-refractivity contribution in [3.05, 3.63) is 71.8 Å². The fourth-order valence-corrected chi connectivity index (χ4v) is 4.77. The fraction of sp³-hybridized carbons (Fsp3) is 0.368. The molecule has 0 heterocycles. The van der Waals surface area contributed by atoms with Crippen molar-refractivity contribution in [2.75, 3.05) is 5.33 Å². The first kappa shape index (κ1) is 21.6. The van der Waals surface area contributed by atoms with Gasteiger partial charge in [0.25, 0.3) is 6.49 Å². The van der Waals surface area contributed by atoms with Gasteiger partial charge >= 0.3 is 5.66 Å². The van der Waals surface area contributed by atoms with Crippen molar-refractivity contribution in [2.45, 2.75) is 38.1 Å². The molecule has 2 nitrogen and oxygen atoms in total. The second-order valence-corrected chi connectivity index (χ2v) is 10.2. The Kier molecular flexibility index (Phi) is 8.85. The zero-order valence-corrected chi connectivity index (χ0v) is 17.6. The van der Waals surface area contributed by atoms with Gasteiger partial charge in [0, 0.05) is 11.8 Å². The molecule has 0 unspecified atom stereocenters. The molecule has 0 spiro atoms. The monoisotopic (exact) mass is 462 g/mol. The summed E-state index contributed by atoms with van der Waals surface area (Å²) in [5.74, 6) is 0. The summed E-state index contributed by atoms with van der Waals surface area (Å²) in [6.45, 7) is -3.78. The van der Waals surface area contributed by atoms with Crippen LogP contribution < -0.4 is 0 Å². The average molecular weight is 463 g/mol. The third-order valence-corrected chi connectivity index (χ3v) is 7.71. The van der Waals surface area contributed by atoms with Crippen LogP contribution in [0.15, 0.2) is 60.7 Å². The molecule has 26 heavy (non-hydrogen) atoms. The van der Waals surface area contributed by atoms with Crippen LogP contribution in [0, 0.1) is 0 Å². The minimum absolute atomic E-state index is 0.0148. The van der Waals surface area contributed by atoms with Crippen molar-refractivity contribution in [3.8, 4) is 0 Å². The van der Waals surface area contributed by atoms with Crippen molar-refractivity contribution in [1.29, 1.82) is 0 Å². The molecule has 0 fully saturated rings. The maximum absolute atomic E-state index is 14.9. The summed E-state index contributed by atoms with van der Waals surface area (Å²) >= 11 is 8.56. The Morgan fingerprint density at radius 1 is 0.846 bits per heavy atom. The zero-order valence-electron chi connectivity index (χ0n) is 14.3. The Bertz CT molecular complexity index is 654. The highest BCUT2D eigenvalue weighted by Gasteiger charge is 2.48. The minimum atomic E-state index is -3.81. The average Bonchev–Trinajstić information content (AvgIpc) is 2.66. The third-order valence-electron chi connectivity index (χ3n) is 3.75. The normalized spacial score (nSPS) is 12.3. The number of hydrogen-bond donors (Lipinski definition) is 0. The van der Waals surface area contributed by atoms with Crippen LogP contribution in [0.4, 0.5) is 8.78 Å². The topological polar surface area (TPSA) is 18.5 Å². The molecule has 0 saturated heterocycles. The molecule has 0 N–H and O–H groups in total. The van der Waals surface area contributed by atoms with Gasteiger partial charge in [-0.1, -0.05) is 76.6 Å². The van der Waals surface area contributed by atoms with Crippen LogP contribution in [-0.2, 0) is 34.1 Å². The Labute approximate surface area is 167 Å². The largest absolute Gasteiger partial charge is 0.320 e. The predicted molar refractivity (Wildman–Crippen MR) is 109 cm³/mol. The van der Waals surface area contributed by atoms with Gasteiger partial charge in [-0.25, -0.2) is 0 Å². The fourth-order valence-electron chi connectivity index (χ4n) is 2.26. The highest BCUT2D eigenvalue weighted by molar-refractivity contribution is 9.09. The van der Waals surface area contributed by atoms with Crippen molar-refractivity contribution in [1.82, 2.24) is 0 Å². The van der Waals surface area contributed by atoms with Crippen LogP contribution in [-0.4, -0.2) is 11.0 Å². The smallest absolute Gasteiger partial charge is 0.320 e. The molecule has 0 bridgehead atoms. The second-order valence-electron chi connectivity index (χ2n) is 5.83. The molecule has 2 rings (SSSR count). The lowest BCUT2D eigenvalue weighted by Gasteiger charge is -2.30. The van der Waals surface area contributed by atoms with Gasteiger partial charge in [0.05, 0.1) is 13.2 Å². The molecule has 0 saturated carbocycles. The SMILES string of the molecule is FC(F)(CCCCBr)P(=S)(OCc1ccccc1)OCc1ccccc1. The van der Waals surface area contributed by atoms with Gasteiger partial charge < -0.3 is 9.05 Å². The maximum Gasteiger partial charge on any atom is 0.320 e. The van der Waals surface area contributed by atoms with Crippen molar-refractivity contribution < 1.29 is 17.8 Å². The van der Waals surface area contributed by atoms with Gasteiger partial charge in [0.2, 0.25) is 0 Å². The molecule has 0 amide bonds. The Morgan fingerprint density at radius 3 is 1.73 bits per heavy atom. The van der Waals surface area contributed by atoms with Gasteiger partial charge in [0.15, 0.2) is 0 Å². The molecular weight excluding hydrogens is 441 g/mol. The van der Waals surface area contributed by atoms with Gasteiger partial charge in [-0.05, 0) is 35.8 Å². The van der Waals surface area contributed by atoms with E-state index in [1.54, 1.807) is 0 Å². The first-order valence-corrected chi connectivity index (χ1v) is 12.1. The number of rotatable bonds is 11. The van der Waals surface area contributed by atoms with E-state index in [0.29, 0.717) is 18.2 Å². The van der Waals surface area contributed by atoms with E-state index < -0.39 is 12.2 Å². The van der Waals surface area contributed by atoms with E-state index in [9.17, 15) is 8.78 Å². The van der Waals surface area contributed by atoms with Crippen LogP contribution in [0.2, 0.25) is 0 Å². The quantitative estimate of drug-likeness (QED) is 0.206. The lowest BCUT2D eigenvalue weighted by Crippen LogP contribution is -2.20. The van der Waals surface area contributed by atoms with E-state index in [0.717, 1.165) is 11.1 Å². The summed E-state index contributed by atoms with van der Waals surface area (Å²) < 4.78 is 40.9. The molecule has 0 aliphatic heterocycles. The highest BCUT2D eigenvalue weighted by atomic mass is 79.9. The standard InChI is InChI=1S/C19H22BrF2O2PS/c20-14-8-7-13-19(21,22)25(26,23-15-17-9-3-1-4-10-17)24-16-18-11-5-2-6-12-18/h1-6,9-12H,7-8,13-16H2. The Balaban J connectivity index is 2.11. The van der Waals surface area contributed by atoms with E-state index in [2.05, 4.69) is 15.9 Å². The van der Waals surface area contributed by atoms with Crippen molar-refractivity contribution in [2.24, 2.45) is 0 Å². The Hall–Kier alpha value is -0.650. The van der Waals surface area contributed by atoms with Crippen LogP contribution >= 0.6 is 22.4 Å².